The summed E-state index contributed by atoms with van der Waals surface area (Å²) in [6.45, 7) is 4.92. The highest BCUT2D eigenvalue weighted by atomic mass is 16.5. The minimum atomic E-state index is -0.223. The van der Waals surface area contributed by atoms with Crippen molar-refractivity contribution < 1.29 is 9.53 Å². The average Bonchev–Trinajstić information content (AvgIpc) is 3.05. The summed E-state index contributed by atoms with van der Waals surface area (Å²) in [5, 5.41) is 4.43. The zero-order valence-electron chi connectivity index (χ0n) is 16.5. The number of nitrogens with one attached hydrogen (secondary N) is 1. The minimum Gasteiger partial charge on any atom is -0.497 e. The third-order valence-corrected chi connectivity index (χ3v) is 5.29. The highest BCUT2D eigenvalue weighted by Crippen LogP contribution is 2.26. The van der Waals surface area contributed by atoms with Crippen LogP contribution in [0.3, 0.4) is 0 Å². The maximum absolute atomic E-state index is 12.6. The number of nitrogens with zero attached hydrogens (tertiary/aromatic N) is 3. The van der Waals surface area contributed by atoms with Crippen LogP contribution in [0.2, 0.25) is 0 Å². The predicted molar refractivity (Wildman–Crippen MR) is 110 cm³/mol. The Labute approximate surface area is 164 Å². The Morgan fingerprint density at radius 3 is 2.89 bits per heavy atom. The monoisotopic (exact) mass is 376 g/mol. The number of carbonyl (C=O) groups excluding carboxylic acids is 1. The Hall–Kier alpha value is -3.15. The van der Waals surface area contributed by atoms with Gasteiger partial charge in [0.15, 0.2) is 0 Å². The molecule has 0 radical (unpaired) electrons. The number of hydrogen-bond donors (Lipinski definition) is 1. The molecule has 4 rings (SSSR count). The van der Waals surface area contributed by atoms with Crippen LogP contribution < -0.4 is 10.2 Å². The molecule has 28 heavy (non-hydrogen) atoms. The molecule has 1 N–H and O–H groups in total. The minimum absolute atomic E-state index is 0.223. The van der Waals surface area contributed by atoms with Crippen LogP contribution in [0.25, 0.3) is 11.0 Å². The number of rotatable bonds is 4. The summed E-state index contributed by atoms with van der Waals surface area (Å²) in [6, 6.07) is 11.6. The van der Waals surface area contributed by atoms with E-state index in [2.05, 4.69) is 27.0 Å². The first kappa shape index (κ1) is 18.2. The van der Waals surface area contributed by atoms with Crippen molar-refractivity contribution in [3.63, 3.8) is 0 Å². The van der Waals surface area contributed by atoms with Crippen LogP contribution in [0.4, 0.5) is 0 Å². The van der Waals surface area contributed by atoms with Crippen LogP contribution in [-0.4, -0.2) is 28.3 Å². The van der Waals surface area contributed by atoms with E-state index in [-0.39, 0.29) is 5.91 Å². The zero-order chi connectivity index (χ0) is 19.7. The molecule has 144 valence electrons. The number of methoxy groups -OCH3 is 1. The molecule has 6 nitrogen and oxygen atoms in total. The fraction of sp³-hybridized carbons (Fsp3) is 0.318. The quantitative estimate of drug-likeness (QED) is 0.704. The molecule has 0 spiro atoms. The second-order valence-corrected chi connectivity index (χ2v) is 6.98. The molecule has 3 aromatic rings. The molecule has 0 saturated carbocycles. The number of carbonyl (C=O) groups is 1. The molecule has 0 bridgehead atoms. The molecule has 0 atom stereocenters. The lowest BCUT2D eigenvalue weighted by atomic mass is 9.90. The Morgan fingerprint density at radius 1 is 1.25 bits per heavy atom. The molecule has 1 aliphatic carbocycles. The Morgan fingerprint density at radius 2 is 2.11 bits per heavy atom. The lowest BCUT2D eigenvalue weighted by Crippen LogP contribution is -2.22. The van der Waals surface area contributed by atoms with Gasteiger partial charge in [-0.1, -0.05) is 0 Å². The summed E-state index contributed by atoms with van der Waals surface area (Å²) < 4.78 is 7.44. The summed E-state index contributed by atoms with van der Waals surface area (Å²) >= 11 is 0. The molecule has 0 unspecified atom stereocenters. The van der Waals surface area contributed by atoms with Gasteiger partial charge in [0.05, 0.1) is 23.9 Å². The standard InChI is InChI=1S/C22H24N4O2/c1-4-26-14(2)23-20-13-16(8-11-21(20)26)22(27)25-24-19-7-5-6-15-12-17(28-3)9-10-18(15)19/h8-13H,4-7H2,1-3H3,(H,25,27)/b24-19-. The molecule has 0 fully saturated rings. The van der Waals surface area contributed by atoms with Gasteiger partial charge in [-0.05, 0) is 75.1 Å². The maximum Gasteiger partial charge on any atom is 0.271 e. The van der Waals surface area contributed by atoms with Crippen molar-refractivity contribution in [1.29, 1.82) is 0 Å². The van der Waals surface area contributed by atoms with Crippen LogP contribution in [0.15, 0.2) is 41.5 Å². The van der Waals surface area contributed by atoms with Gasteiger partial charge in [-0.2, -0.15) is 5.10 Å². The van der Waals surface area contributed by atoms with E-state index >= 15 is 0 Å². The van der Waals surface area contributed by atoms with Gasteiger partial charge in [-0.15, -0.1) is 0 Å². The molecule has 0 saturated heterocycles. The number of hydrazone groups is 1. The molecule has 1 heterocycles. The van der Waals surface area contributed by atoms with Gasteiger partial charge in [0.1, 0.15) is 11.6 Å². The third-order valence-electron chi connectivity index (χ3n) is 5.29. The van der Waals surface area contributed by atoms with Gasteiger partial charge in [0.2, 0.25) is 0 Å². The van der Waals surface area contributed by atoms with Gasteiger partial charge >= 0.3 is 0 Å². The van der Waals surface area contributed by atoms with E-state index in [4.69, 9.17) is 4.74 Å². The fourth-order valence-electron chi connectivity index (χ4n) is 3.86. The van der Waals surface area contributed by atoms with E-state index in [1.807, 2.05) is 43.3 Å². The van der Waals surface area contributed by atoms with E-state index in [9.17, 15) is 4.79 Å². The molecule has 1 amide bonds. The van der Waals surface area contributed by atoms with Crippen molar-refractivity contribution in [2.75, 3.05) is 7.11 Å². The number of amides is 1. The number of imidazole rings is 1. The lowest BCUT2D eigenvalue weighted by Gasteiger charge is -2.18. The Kier molecular flexibility index (Phi) is 4.86. The number of fused-ring (bicyclic) bond motifs is 2. The van der Waals surface area contributed by atoms with Crippen LogP contribution in [0.1, 0.15) is 47.1 Å². The number of ether oxygens (including phenoxy) is 1. The van der Waals surface area contributed by atoms with Crippen LogP contribution in [0, 0.1) is 6.92 Å². The SMILES string of the molecule is CCn1c(C)nc2cc(C(=O)N/N=C3/CCCc4cc(OC)ccc43)ccc21. The molecule has 0 aliphatic heterocycles. The van der Waals surface area contributed by atoms with Gasteiger partial charge in [0, 0.05) is 17.7 Å². The molecular formula is C22H24N4O2. The van der Waals surface area contributed by atoms with Crippen molar-refractivity contribution in [1.82, 2.24) is 15.0 Å². The highest BCUT2D eigenvalue weighted by Gasteiger charge is 2.17. The lowest BCUT2D eigenvalue weighted by molar-refractivity contribution is 0.0955. The van der Waals surface area contributed by atoms with Gasteiger partial charge in [0.25, 0.3) is 5.91 Å². The van der Waals surface area contributed by atoms with Gasteiger partial charge in [-0.3, -0.25) is 4.79 Å². The topological polar surface area (TPSA) is 68.5 Å². The summed E-state index contributed by atoms with van der Waals surface area (Å²) in [6.07, 6.45) is 2.85. The fourth-order valence-corrected chi connectivity index (χ4v) is 3.86. The van der Waals surface area contributed by atoms with Crippen molar-refractivity contribution in [3.8, 4) is 5.75 Å². The smallest absolute Gasteiger partial charge is 0.271 e. The first-order chi connectivity index (χ1) is 13.6. The predicted octanol–water partition coefficient (Wildman–Crippen LogP) is 3.84. The van der Waals surface area contributed by atoms with E-state index in [0.29, 0.717) is 5.56 Å². The number of benzene rings is 2. The molecule has 1 aliphatic rings. The van der Waals surface area contributed by atoms with Crippen molar-refractivity contribution >= 4 is 22.7 Å². The average molecular weight is 376 g/mol. The summed E-state index contributed by atoms with van der Waals surface area (Å²) in [7, 11) is 1.67. The normalized spacial score (nSPS) is 14.9. The van der Waals surface area contributed by atoms with E-state index in [0.717, 1.165) is 59.7 Å². The highest BCUT2D eigenvalue weighted by molar-refractivity contribution is 6.04. The molecule has 6 heteroatoms. The second kappa shape index (κ2) is 7.46. The van der Waals surface area contributed by atoms with Crippen LogP contribution in [-0.2, 0) is 13.0 Å². The van der Waals surface area contributed by atoms with Gasteiger partial charge < -0.3 is 9.30 Å². The van der Waals surface area contributed by atoms with Crippen molar-refractivity contribution in [2.45, 2.75) is 39.7 Å². The second-order valence-electron chi connectivity index (χ2n) is 6.98. The van der Waals surface area contributed by atoms with Crippen molar-refractivity contribution in [3.05, 3.63) is 58.9 Å². The first-order valence-corrected chi connectivity index (χ1v) is 9.61. The summed E-state index contributed by atoms with van der Waals surface area (Å²) in [4.78, 5) is 17.2. The molecule has 2 aromatic carbocycles. The molecule has 1 aromatic heterocycles. The summed E-state index contributed by atoms with van der Waals surface area (Å²) in [5.41, 5.74) is 8.35. The zero-order valence-corrected chi connectivity index (χ0v) is 16.5. The number of aryl methyl sites for hydroxylation is 3. The Bertz CT molecular complexity index is 1080. The van der Waals surface area contributed by atoms with Gasteiger partial charge in [-0.25, -0.2) is 10.4 Å². The van der Waals surface area contributed by atoms with Crippen LogP contribution in [0.5, 0.6) is 5.75 Å². The largest absolute Gasteiger partial charge is 0.497 e. The summed E-state index contributed by atoms with van der Waals surface area (Å²) in [5.74, 6) is 1.57. The van der Waals surface area contributed by atoms with Crippen LogP contribution >= 0.6 is 0 Å². The van der Waals surface area contributed by atoms with E-state index < -0.39 is 0 Å². The maximum atomic E-state index is 12.6. The van der Waals surface area contributed by atoms with E-state index in [1.54, 1.807) is 7.11 Å². The molecular weight excluding hydrogens is 352 g/mol. The Balaban J connectivity index is 1.57. The number of hydrogen-bond acceptors (Lipinski definition) is 4. The van der Waals surface area contributed by atoms with Crippen molar-refractivity contribution in [2.24, 2.45) is 5.10 Å². The first-order valence-electron chi connectivity index (χ1n) is 9.61. The number of aromatic nitrogens is 2. The third kappa shape index (κ3) is 3.26. The van der Waals surface area contributed by atoms with E-state index in [1.165, 1.54) is 5.56 Å².